The van der Waals surface area contributed by atoms with Gasteiger partial charge in [-0.2, -0.15) is 0 Å². The number of hydrogen-bond acceptors (Lipinski definition) is 3. The van der Waals surface area contributed by atoms with Crippen molar-refractivity contribution in [1.29, 1.82) is 0 Å². The molecule has 20 heavy (non-hydrogen) atoms. The fourth-order valence-electron chi connectivity index (χ4n) is 2.66. The van der Waals surface area contributed by atoms with E-state index in [9.17, 15) is 8.42 Å². The van der Waals surface area contributed by atoms with Crippen molar-refractivity contribution >= 4 is 26.0 Å². The van der Waals surface area contributed by atoms with Gasteiger partial charge in [0.05, 0.1) is 4.90 Å². The first-order valence-corrected chi connectivity index (χ1v) is 9.17. The van der Waals surface area contributed by atoms with Gasteiger partial charge < -0.3 is 5.32 Å². The van der Waals surface area contributed by atoms with Gasteiger partial charge in [0.25, 0.3) is 0 Å². The maximum Gasteiger partial charge on any atom is 0.241 e. The number of halogens is 1. The monoisotopic (exact) mass is 360 g/mol. The second-order valence-corrected chi connectivity index (χ2v) is 7.97. The van der Waals surface area contributed by atoms with Crippen LogP contribution in [0.15, 0.2) is 27.6 Å². The highest BCUT2D eigenvalue weighted by molar-refractivity contribution is 9.10. The summed E-state index contributed by atoms with van der Waals surface area (Å²) in [7, 11) is -1.59. The summed E-state index contributed by atoms with van der Waals surface area (Å²) in [4.78, 5) is 0.316. The van der Waals surface area contributed by atoms with E-state index in [1.807, 2.05) is 19.2 Å². The molecule has 0 bridgehead atoms. The normalized spacial score (nSPS) is 23.1. The molecule has 1 aromatic carbocycles. The summed E-state index contributed by atoms with van der Waals surface area (Å²) in [6.07, 6.45) is 3.11. The number of nitrogens with one attached hydrogen (secondary N) is 2. The molecule has 6 heteroatoms. The lowest BCUT2D eigenvalue weighted by Crippen LogP contribution is -2.36. The fourth-order valence-corrected chi connectivity index (χ4v) is 5.16. The minimum Gasteiger partial charge on any atom is -0.316 e. The van der Waals surface area contributed by atoms with Gasteiger partial charge in [-0.1, -0.05) is 19.4 Å². The molecular weight excluding hydrogens is 340 g/mol. The summed E-state index contributed by atoms with van der Waals surface area (Å²) < 4.78 is 28.4. The van der Waals surface area contributed by atoms with Gasteiger partial charge in [0, 0.05) is 17.1 Å². The summed E-state index contributed by atoms with van der Waals surface area (Å²) in [5.41, 5.74) is 1.05. The molecule has 0 saturated heterocycles. The second kappa shape index (κ2) is 6.56. The van der Waals surface area contributed by atoms with Gasteiger partial charge in [0.1, 0.15) is 0 Å². The average molecular weight is 361 g/mol. The molecule has 0 radical (unpaired) electrons. The standard InChI is InChI=1S/C14H21BrN2O2S/c1-10-4-3-5-13(10)17-20(18,19)14-7-6-11(9-16-2)8-12(14)15/h6-8,10,13,16-17H,3-5,9H2,1-2H3. The summed E-state index contributed by atoms with van der Waals surface area (Å²) in [5, 5.41) is 3.05. The summed E-state index contributed by atoms with van der Waals surface area (Å²) in [6.45, 7) is 2.82. The van der Waals surface area contributed by atoms with Crippen molar-refractivity contribution in [1.82, 2.24) is 10.0 Å². The van der Waals surface area contributed by atoms with Crippen molar-refractivity contribution in [2.24, 2.45) is 5.92 Å². The third-order valence-corrected chi connectivity index (χ3v) is 6.30. The van der Waals surface area contributed by atoms with Crippen LogP contribution in [-0.2, 0) is 16.6 Å². The summed E-state index contributed by atoms with van der Waals surface area (Å²) in [6, 6.07) is 5.42. The van der Waals surface area contributed by atoms with Crippen LogP contribution < -0.4 is 10.0 Å². The second-order valence-electron chi connectivity index (χ2n) is 5.43. The molecule has 0 spiro atoms. The minimum absolute atomic E-state index is 0.0592. The maximum absolute atomic E-state index is 12.5. The number of benzene rings is 1. The Balaban J connectivity index is 2.20. The quantitative estimate of drug-likeness (QED) is 0.848. The van der Waals surface area contributed by atoms with E-state index < -0.39 is 10.0 Å². The zero-order valence-electron chi connectivity index (χ0n) is 11.8. The van der Waals surface area contributed by atoms with Gasteiger partial charge in [0.2, 0.25) is 10.0 Å². The van der Waals surface area contributed by atoms with E-state index in [0.29, 0.717) is 21.8 Å². The van der Waals surface area contributed by atoms with Gasteiger partial charge in [0.15, 0.2) is 0 Å². The van der Waals surface area contributed by atoms with Gasteiger partial charge in [-0.05, 0) is 59.4 Å². The lowest BCUT2D eigenvalue weighted by molar-refractivity contribution is 0.476. The van der Waals surface area contributed by atoms with Crippen LogP contribution in [0.5, 0.6) is 0 Å². The van der Waals surface area contributed by atoms with Crippen LogP contribution in [0, 0.1) is 5.92 Å². The molecule has 2 unspecified atom stereocenters. The van der Waals surface area contributed by atoms with E-state index >= 15 is 0 Å². The topological polar surface area (TPSA) is 58.2 Å². The molecule has 0 heterocycles. The third kappa shape index (κ3) is 3.61. The van der Waals surface area contributed by atoms with Crippen LogP contribution in [0.25, 0.3) is 0 Å². The molecule has 0 amide bonds. The molecule has 1 fully saturated rings. The Morgan fingerprint density at radius 3 is 2.65 bits per heavy atom. The molecule has 1 aromatic rings. The van der Waals surface area contributed by atoms with E-state index in [4.69, 9.17) is 0 Å². The van der Waals surface area contributed by atoms with Crippen molar-refractivity contribution in [3.05, 3.63) is 28.2 Å². The average Bonchev–Trinajstić information content (AvgIpc) is 2.74. The van der Waals surface area contributed by atoms with Crippen molar-refractivity contribution < 1.29 is 8.42 Å². The molecule has 112 valence electrons. The van der Waals surface area contributed by atoms with Crippen LogP contribution >= 0.6 is 15.9 Å². The number of sulfonamides is 1. The van der Waals surface area contributed by atoms with Gasteiger partial charge >= 0.3 is 0 Å². The Hall–Kier alpha value is -0.430. The molecule has 2 N–H and O–H groups in total. The van der Waals surface area contributed by atoms with Crippen LogP contribution in [0.1, 0.15) is 31.7 Å². The first kappa shape index (κ1) is 15.9. The van der Waals surface area contributed by atoms with Crippen molar-refractivity contribution in [2.75, 3.05) is 7.05 Å². The van der Waals surface area contributed by atoms with Crippen LogP contribution in [0.3, 0.4) is 0 Å². The highest BCUT2D eigenvalue weighted by atomic mass is 79.9. The van der Waals surface area contributed by atoms with E-state index in [-0.39, 0.29) is 6.04 Å². The highest BCUT2D eigenvalue weighted by Gasteiger charge is 2.29. The zero-order chi connectivity index (χ0) is 14.8. The lowest BCUT2D eigenvalue weighted by atomic mass is 10.1. The predicted molar refractivity (Wildman–Crippen MR) is 84.0 cm³/mol. The van der Waals surface area contributed by atoms with Crippen molar-refractivity contribution in [2.45, 2.75) is 43.7 Å². The van der Waals surface area contributed by atoms with Crippen LogP contribution in [-0.4, -0.2) is 21.5 Å². The predicted octanol–water partition coefficient (Wildman–Crippen LogP) is 2.64. The highest BCUT2D eigenvalue weighted by Crippen LogP contribution is 2.28. The van der Waals surface area contributed by atoms with Gasteiger partial charge in [-0.25, -0.2) is 13.1 Å². The summed E-state index contributed by atoms with van der Waals surface area (Å²) >= 11 is 3.37. The van der Waals surface area contributed by atoms with Crippen LogP contribution in [0.2, 0.25) is 0 Å². The van der Waals surface area contributed by atoms with E-state index in [1.165, 1.54) is 0 Å². The van der Waals surface area contributed by atoms with E-state index in [2.05, 4.69) is 32.9 Å². The van der Waals surface area contributed by atoms with Crippen LogP contribution in [0.4, 0.5) is 0 Å². The molecular formula is C14H21BrN2O2S. The Morgan fingerprint density at radius 1 is 1.35 bits per heavy atom. The third-order valence-electron chi connectivity index (χ3n) is 3.83. The summed E-state index contributed by atoms with van der Waals surface area (Å²) in [5.74, 6) is 0.409. The molecule has 0 aliphatic heterocycles. The Kier molecular flexibility index (Phi) is 5.23. The zero-order valence-corrected chi connectivity index (χ0v) is 14.2. The molecule has 1 saturated carbocycles. The fraction of sp³-hybridized carbons (Fsp3) is 0.571. The maximum atomic E-state index is 12.5. The Labute approximate surface area is 129 Å². The van der Waals surface area contributed by atoms with E-state index in [1.54, 1.807) is 6.07 Å². The lowest BCUT2D eigenvalue weighted by Gasteiger charge is -2.18. The molecule has 2 rings (SSSR count). The smallest absolute Gasteiger partial charge is 0.241 e. The van der Waals surface area contributed by atoms with Gasteiger partial charge in [-0.15, -0.1) is 0 Å². The van der Waals surface area contributed by atoms with Crippen molar-refractivity contribution in [3.8, 4) is 0 Å². The number of hydrogen-bond donors (Lipinski definition) is 2. The molecule has 2 atom stereocenters. The first-order chi connectivity index (χ1) is 9.44. The SMILES string of the molecule is CNCc1ccc(S(=O)(=O)NC2CCCC2C)c(Br)c1. The molecule has 0 aromatic heterocycles. The largest absolute Gasteiger partial charge is 0.316 e. The van der Waals surface area contributed by atoms with E-state index in [0.717, 1.165) is 24.8 Å². The first-order valence-electron chi connectivity index (χ1n) is 6.89. The minimum atomic E-state index is -3.46. The molecule has 1 aliphatic rings. The molecule has 4 nitrogen and oxygen atoms in total. The van der Waals surface area contributed by atoms with Gasteiger partial charge in [-0.3, -0.25) is 0 Å². The Morgan fingerprint density at radius 2 is 2.10 bits per heavy atom. The Bertz CT molecular complexity index is 575. The number of rotatable bonds is 5. The van der Waals surface area contributed by atoms with Crippen molar-refractivity contribution in [3.63, 3.8) is 0 Å². The molecule has 1 aliphatic carbocycles.